The molecule has 1 radical (unpaired) electrons. The van der Waals surface area contributed by atoms with Gasteiger partial charge in [-0.15, -0.1) is 0 Å². The summed E-state index contributed by atoms with van der Waals surface area (Å²) in [5.74, 6) is 1.98. The van der Waals surface area contributed by atoms with Crippen LogP contribution in [0.1, 0.15) is 6.42 Å². The van der Waals surface area contributed by atoms with Crippen molar-refractivity contribution in [1.29, 1.82) is 0 Å². The van der Waals surface area contributed by atoms with Gasteiger partial charge in [0.2, 0.25) is 0 Å². The summed E-state index contributed by atoms with van der Waals surface area (Å²) in [7, 11) is 0. The SMILES string of the molecule is [CH2]C1=COC(=C=O)C1. The van der Waals surface area contributed by atoms with Crippen molar-refractivity contribution in [3.63, 3.8) is 0 Å². The highest BCUT2D eigenvalue weighted by atomic mass is 16.5. The van der Waals surface area contributed by atoms with Crippen LogP contribution in [0.3, 0.4) is 0 Å². The van der Waals surface area contributed by atoms with Gasteiger partial charge in [0.15, 0.2) is 11.7 Å². The van der Waals surface area contributed by atoms with E-state index in [-0.39, 0.29) is 0 Å². The van der Waals surface area contributed by atoms with E-state index in [4.69, 9.17) is 0 Å². The fraction of sp³-hybridized carbons (Fsp3) is 0.167. The van der Waals surface area contributed by atoms with Gasteiger partial charge >= 0.3 is 0 Å². The Labute approximate surface area is 47.5 Å². The molecule has 0 aliphatic carbocycles. The van der Waals surface area contributed by atoms with Gasteiger partial charge < -0.3 is 4.74 Å². The van der Waals surface area contributed by atoms with E-state index in [1.165, 1.54) is 6.26 Å². The number of hydrogen-bond acceptors (Lipinski definition) is 2. The molecule has 8 heavy (non-hydrogen) atoms. The van der Waals surface area contributed by atoms with Gasteiger partial charge in [-0.3, -0.25) is 0 Å². The molecule has 0 saturated carbocycles. The van der Waals surface area contributed by atoms with Crippen molar-refractivity contribution < 1.29 is 9.53 Å². The number of hydrogen-bond donors (Lipinski definition) is 0. The summed E-state index contributed by atoms with van der Waals surface area (Å²) in [6.45, 7) is 3.57. The summed E-state index contributed by atoms with van der Waals surface area (Å²) in [5.41, 5.74) is 0.823. The Morgan fingerprint density at radius 3 is 2.88 bits per heavy atom. The summed E-state index contributed by atoms with van der Waals surface area (Å²) in [6, 6.07) is 0. The molecular weight excluding hydrogens is 104 g/mol. The Bertz CT molecular complexity index is 173. The van der Waals surface area contributed by atoms with Crippen molar-refractivity contribution in [2.75, 3.05) is 0 Å². The van der Waals surface area contributed by atoms with E-state index in [0.29, 0.717) is 12.2 Å². The molecule has 1 heterocycles. The zero-order chi connectivity index (χ0) is 5.98. The van der Waals surface area contributed by atoms with Gasteiger partial charge in [0.05, 0.1) is 6.26 Å². The molecule has 1 aliphatic rings. The highest BCUT2D eigenvalue weighted by molar-refractivity contribution is 5.52. The lowest BCUT2D eigenvalue weighted by Crippen LogP contribution is -1.75. The largest absolute Gasteiger partial charge is 0.457 e. The predicted octanol–water partition coefficient (Wildman–Crippen LogP) is 0.840. The standard InChI is InChI=1S/C6H5O2/c1-5-2-6(3-7)8-4-5/h4H,1-2H2. The van der Waals surface area contributed by atoms with Crippen LogP contribution in [0, 0.1) is 6.92 Å². The van der Waals surface area contributed by atoms with E-state index < -0.39 is 0 Å². The van der Waals surface area contributed by atoms with E-state index in [9.17, 15) is 4.79 Å². The second kappa shape index (κ2) is 1.85. The first-order valence-electron chi connectivity index (χ1n) is 2.24. The van der Waals surface area contributed by atoms with E-state index in [0.717, 1.165) is 5.57 Å². The monoisotopic (exact) mass is 109 g/mol. The Morgan fingerprint density at radius 2 is 2.62 bits per heavy atom. The maximum atomic E-state index is 9.80. The van der Waals surface area contributed by atoms with Gasteiger partial charge in [-0.05, 0) is 12.5 Å². The molecule has 41 valence electrons. The summed E-state index contributed by atoms with van der Waals surface area (Å²) in [4.78, 5) is 9.80. The summed E-state index contributed by atoms with van der Waals surface area (Å²) in [5, 5.41) is 0. The third kappa shape index (κ3) is 0.796. The second-order valence-corrected chi connectivity index (χ2v) is 1.60. The Hall–Kier alpha value is -1.01. The molecule has 2 nitrogen and oxygen atoms in total. The normalized spacial score (nSPS) is 17.1. The maximum Gasteiger partial charge on any atom is 0.190 e. The first-order valence-corrected chi connectivity index (χ1v) is 2.24. The minimum Gasteiger partial charge on any atom is -0.457 e. The van der Waals surface area contributed by atoms with Crippen LogP contribution in [-0.2, 0) is 9.53 Å². The molecule has 0 amide bonds. The molecular formula is C6H5O2. The molecule has 0 saturated heterocycles. The van der Waals surface area contributed by atoms with Crippen LogP contribution in [0.5, 0.6) is 0 Å². The van der Waals surface area contributed by atoms with Crippen molar-refractivity contribution in [2.45, 2.75) is 6.42 Å². The summed E-state index contributed by atoms with van der Waals surface area (Å²) >= 11 is 0. The molecule has 0 aromatic heterocycles. The maximum absolute atomic E-state index is 9.80. The van der Waals surface area contributed by atoms with Crippen molar-refractivity contribution in [1.82, 2.24) is 0 Å². The molecule has 0 spiro atoms. The van der Waals surface area contributed by atoms with Crippen LogP contribution < -0.4 is 0 Å². The highest BCUT2D eigenvalue weighted by Crippen LogP contribution is 2.16. The van der Waals surface area contributed by atoms with Crippen molar-refractivity contribution in [3.05, 3.63) is 24.5 Å². The van der Waals surface area contributed by atoms with Gasteiger partial charge in [-0.25, -0.2) is 4.79 Å². The van der Waals surface area contributed by atoms with Gasteiger partial charge in [-0.1, -0.05) is 0 Å². The van der Waals surface area contributed by atoms with Crippen LogP contribution in [0.4, 0.5) is 0 Å². The highest BCUT2D eigenvalue weighted by Gasteiger charge is 2.06. The quantitative estimate of drug-likeness (QED) is 0.431. The van der Waals surface area contributed by atoms with E-state index >= 15 is 0 Å². The molecule has 0 fully saturated rings. The molecule has 0 bridgehead atoms. The zero-order valence-electron chi connectivity index (χ0n) is 4.31. The first-order chi connectivity index (χ1) is 3.83. The molecule has 0 atom stereocenters. The molecule has 0 aromatic carbocycles. The number of ether oxygens (including phenoxy) is 1. The van der Waals surface area contributed by atoms with Crippen molar-refractivity contribution in [3.8, 4) is 0 Å². The van der Waals surface area contributed by atoms with Crippen LogP contribution in [0.25, 0.3) is 0 Å². The average Bonchev–Trinajstić information content (AvgIpc) is 2.14. The van der Waals surface area contributed by atoms with Crippen LogP contribution in [0.15, 0.2) is 17.6 Å². The predicted molar refractivity (Wildman–Crippen MR) is 28.3 cm³/mol. The van der Waals surface area contributed by atoms with Gasteiger partial charge in [0.25, 0.3) is 0 Å². The van der Waals surface area contributed by atoms with Crippen molar-refractivity contribution in [2.24, 2.45) is 0 Å². The molecule has 1 rings (SSSR count). The Balaban J connectivity index is 2.69. The van der Waals surface area contributed by atoms with Crippen LogP contribution in [0.2, 0.25) is 0 Å². The van der Waals surface area contributed by atoms with E-state index in [1.807, 2.05) is 0 Å². The minimum atomic E-state index is 0.329. The topological polar surface area (TPSA) is 26.3 Å². The molecule has 2 heteroatoms. The van der Waals surface area contributed by atoms with Crippen LogP contribution in [-0.4, -0.2) is 5.94 Å². The molecule has 1 aliphatic heterocycles. The molecule has 0 aromatic rings. The number of rotatable bonds is 0. The van der Waals surface area contributed by atoms with Gasteiger partial charge in [0, 0.05) is 6.42 Å². The Kier molecular flexibility index (Phi) is 1.18. The number of allylic oxidation sites excluding steroid dienone is 1. The van der Waals surface area contributed by atoms with Gasteiger partial charge in [-0.2, -0.15) is 0 Å². The minimum absolute atomic E-state index is 0.329. The third-order valence-corrected chi connectivity index (χ3v) is 0.869. The van der Waals surface area contributed by atoms with Crippen molar-refractivity contribution >= 4 is 5.94 Å². The lowest BCUT2D eigenvalue weighted by Gasteiger charge is -1.84. The van der Waals surface area contributed by atoms with Crippen LogP contribution >= 0.6 is 0 Å². The summed E-state index contributed by atoms with van der Waals surface area (Å²) < 4.78 is 4.68. The Morgan fingerprint density at radius 1 is 1.88 bits per heavy atom. The fourth-order valence-corrected chi connectivity index (χ4v) is 0.504. The smallest absolute Gasteiger partial charge is 0.190 e. The first kappa shape index (κ1) is 5.13. The lowest BCUT2D eigenvalue weighted by atomic mass is 10.2. The zero-order valence-corrected chi connectivity index (χ0v) is 4.31. The molecule has 0 unspecified atom stereocenters. The van der Waals surface area contributed by atoms with E-state index in [2.05, 4.69) is 11.7 Å². The summed E-state index contributed by atoms with van der Waals surface area (Å²) in [6.07, 6.45) is 1.98. The number of carbonyl (C=O) groups excluding carboxylic acids is 1. The lowest BCUT2D eigenvalue weighted by molar-refractivity contribution is 0.369. The van der Waals surface area contributed by atoms with Gasteiger partial charge in [0.1, 0.15) is 0 Å². The molecule has 0 N–H and O–H groups in total. The second-order valence-electron chi connectivity index (χ2n) is 1.60. The third-order valence-electron chi connectivity index (χ3n) is 0.869. The average molecular weight is 109 g/mol. The van der Waals surface area contributed by atoms with E-state index in [1.54, 1.807) is 5.94 Å². The fourth-order valence-electron chi connectivity index (χ4n) is 0.504.